The Balaban J connectivity index is 1.43. The molecule has 11 heteroatoms. The van der Waals surface area contributed by atoms with Crippen LogP contribution in [0.5, 0.6) is 0 Å². The van der Waals surface area contributed by atoms with E-state index in [1.807, 2.05) is 6.08 Å². The maximum atomic E-state index is 12.5. The number of hydrogen-bond acceptors (Lipinski definition) is 11. The van der Waals surface area contributed by atoms with Crippen LogP contribution in [-0.2, 0) is 52.3 Å². The molecule has 0 amide bonds. The monoisotopic (exact) mass is 506 g/mol. The second-order valence-electron chi connectivity index (χ2n) is 8.82. The van der Waals surface area contributed by atoms with Crippen molar-refractivity contribution in [1.82, 2.24) is 0 Å². The maximum Gasteiger partial charge on any atom is 0.347 e. The van der Waals surface area contributed by atoms with Crippen LogP contribution in [0.4, 0.5) is 0 Å². The molecular formula is C25H30O11. The number of esters is 3. The predicted molar refractivity (Wildman–Crippen MR) is 121 cm³/mol. The third kappa shape index (κ3) is 7.03. The molecule has 11 nitrogen and oxygen atoms in total. The Morgan fingerprint density at radius 1 is 0.750 bits per heavy atom. The third-order valence-corrected chi connectivity index (χ3v) is 5.85. The summed E-state index contributed by atoms with van der Waals surface area (Å²) >= 11 is 0. The highest BCUT2D eigenvalue weighted by molar-refractivity contribution is 5.76. The zero-order chi connectivity index (χ0) is 25.2. The van der Waals surface area contributed by atoms with Crippen LogP contribution in [-0.4, -0.2) is 75.9 Å². The normalized spacial score (nSPS) is 25.2. The Hall–Kier alpha value is -3.47. The lowest BCUT2D eigenvalue weighted by Gasteiger charge is -2.32. The van der Waals surface area contributed by atoms with Crippen LogP contribution < -0.4 is 0 Å². The topological polar surface area (TPSA) is 125 Å². The van der Waals surface area contributed by atoms with Crippen molar-refractivity contribution in [1.29, 1.82) is 0 Å². The first kappa shape index (κ1) is 25.6. The lowest BCUT2D eigenvalue weighted by molar-refractivity contribution is -0.176. The van der Waals surface area contributed by atoms with Crippen molar-refractivity contribution in [2.45, 2.75) is 44.0 Å². The lowest BCUT2D eigenvalue weighted by Crippen LogP contribution is -2.45. The summed E-state index contributed by atoms with van der Waals surface area (Å²) in [5.41, 5.74) is -1.20. The predicted octanol–water partition coefficient (Wildman–Crippen LogP) is 1.83. The Labute approximate surface area is 208 Å². The molecule has 0 saturated carbocycles. The highest BCUT2D eigenvalue weighted by atomic mass is 16.6. The van der Waals surface area contributed by atoms with E-state index in [2.05, 4.69) is 0 Å². The summed E-state index contributed by atoms with van der Waals surface area (Å²) in [5, 5.41) is 0. The van der Waals surface area contributed by atoms with Gasteiger partial charge in [0.1, 0.15) is 32.2 Å². The Morgan fingerprint density at radius 2 is 1.22 bits per heavy atom. The molecule has 4 heterocycles. The van der Waals surface area contributed by atoms with E-state index in [4.69, 9.17) is 37.9 Å². The zero-order valence-corrected chi connectivity index (χ0v) is 19.8. The van der Waals surface area contributed by atoms with Crippen LogP contribution in [0.15, 0.2) is 48.8 Å². The second-order valence-corrected chi connectivity index (χ2v) is 8.82. The summed E-state index contributed by atoms with van der Waals surface area (Å²) in [5.74, 6) is -1.09. The molecule has 0 N–H and O–H groups in total. The highest BCUT2D eigenvalue weighted by Gasteiger charge is 2.40. The van der Waals surface area contributed by atoms with Crippen molar-refractivity contribution >= 4 is 17.9 Å². The minimum atomic E-state index is -1.20. The molecule has 0 fully saturated rings. The van der Waals surface area contributed by atoms with E-state index in [1.54, 1.807) is 18.2 Å². The van der Waals surface area contributed by atoms with E-state index in [-0.39, 0.29) is 33.0 Å². The first-order valence-electron chi connectivity index (χ1n) is 11.9. The molecule has 0 aromatic carbocycles. The summed E-state index contributed by atoms with van der Waals surface area (Å²) in [4.78, 5) is 37.6. The lowest BCUT2D eigenvalue weighted by atomic mass is 9.92. The van der Waals surface area contributed by atoms with Crippen LogP contribution >= 0.6 is 0 Å². The zero-order valence-electron chi connectivity index (χ0n) is 19.8. The quantitative estimate of drug-likeness (QED) is 0.268. The van der Waals surface area contributed by atoms with Crippen molar-refractivity contribution in [2.75, 3.05) is 39.6 Å². The van der Waals surface area contributed by atoms with Crippen LogP contribution in [0.2, 0.25) is 0 Å². The van der Waals surface area contributed by atoms with Gasteiger partial charge >= 0.3 is 17.9 Å². The molecule has 0 aromatic rings. The summed E-state index contributed by atoms with van der Waals surface area (Å²) in [6, 6.07) is 0. The molecule has 0 bridgehead atoms. The smallest absolute Gasteiger partial charge is 0.347 e. The van der Waals surface area contributed by atoms with Gasteiger partial charge in [0.25, 0.3) is 0 Å². The maximum absolute atomic E-state index is 12.5. The van der Waals surface area contributed by atoms with Crippen molar-refractivity contribution in [3.8, 4) is 0 Å². The molecule has 3 unspecified atom stereocenters. The number of ether oxygens (including phenoxy) is 8. The van der Waals surface area contributed by atoms with E-state index in [9.17, 15) is 14.4 Å². The number of hydrogen-bond donors (Lipinski definition) is 0. The molecule has 196 valence electrons. The van der Waals surface area contributed by atoms with Crippen LogP contribution in [0.25, 0.3) is 0 Å². The number of rotatable bonds is 13. The molecule has 0 spiro atoms. The van der Waals surface area contributed by atoms with Crippen LogP contribution in [0.1, 0.15) is 25.7 Å². The molecular weight excluding hydrogens is 476 g/mol. The summed E-state index contributed by atoms with van der Waals surface area (Å²) in [7, 11) is 0. The van der Waals surface area contributed by atoms with Crippen molar-refractivity contribution < 1.29 is 52.3 Å². The van der Waals surface area contributed by atoms with Gasteiger partial charge in [-0.25, -0.2) is 14.4 Å². The summed E-state index contributed by atoms with van der Waals surface area (Å²) in [6.45, 7) is -0.0620. The van der Waals surface area contributed by atoms with Gasteiger partial charge in [0.05, 0.1) is 37.4 Å². The molecule has 36 heavy (non-hydrogen) atoms. The van der Waals surface area contributed by atoms with Gasteiger partial charge in [0, 0.05) is 25.7 Å². The molecule has 0 saturated heterocycles. The summed E-state index contributed by atoms with van der Waals surface area (Å²) in [6.07, 6.45) is 11.0. The first-order chi connectivity index (χ1) is 17.5. The van der Waals surface area contributed by atoms with Crippen LogP contribution in [0.3, 0.4) is 0 Å². The van der Waals surface area contributed by atoms with Gasteiger partial charge in [-0.05, 0) is 24.3 Å². The minimum Gasteiger partial charge on any atom is -0.495 e. The molecule has 4 aliphatic heterocycles. The van der Waals surface area contributed by atoms with Crippen LogP contribution in [0, 0.1) is 5.41 Å². The fourth-order valence-corrected chi connectivity index (χ4v) is 3.75. The second kappa shape index (κ2) is 12.5. The van der Waals surface area contributed by atoms with Crippen molar-refractivity contribution in [3.05, 3.63) is 48.8 Å². The first-order valence-corrected chi connectivity index (χ1v) is 11.9. The van der Waals surface area contributed by atoms with Gasteiger partial charge in [-0.2, -0.15) is 0 Å². The SMILES string of the molecule is O=C(OCC(COCC1=CCCO1)(COC(=O)C1CC=CO1)COC(=O)C1CC=CO1)C1CC=CO1. The standard InChI is InChI=1S/C25H30O11/c26-22(19-6-2-10-31-19)34-15-25(14-29-13-18-5-1-9-30-18,16-35-23(27)20-7-3-11-32-20)17-36-24(28)21-8-4-12-33-21/h2-5,10-12,19-21H,1,6-9,13-17H2. The Morgan fingerprint density at radius 3 is 1.58 bits per heavy atom. The number of carbonyl (C=O) groups is 3. The van der Waals surface area contributed by atoms with Gasteiger partial charge in [-0.1, -0.05) is 0 Å². The van der Waals surface area contributed by atoms with E-state index in [0.29, 0.717) is 31.6 Å². The van der Waals surface area contributed by atoms with Crippen molar-refractivity contribution in [2.24, 2.45) is 5.41 Å². The Bertz CT molecular complexity index is 802. The largest absolute Gasteiger partial charge is 0.495 e. The van der Waals surface area contributed by atoms with E-state index in [1.165, 1.54) is 18.8 Å². The fraction of sp³-hybridized carbons (Fsp3) is 0.560. The van der Waals surface area contributed by atoms with Gasteiger partial charge < -0.3 is 37.9 Å². The van der Waals surface area contributed by atoms with E-state index in [0.717, 1.165) is 6.42 Å². The van der Waals surface area contributed by atoms with Crippen molar-refractivity contribution in [3.63, 3.8) is 0 Å². The van der Waals surface area contributed by atoms with Gasteiger partial charge in [0.2, 0.25) is 0 Å². The summed E-state index contributed by atoms with van der Waals surface area (Å²) < 4.78 is 43.6. The van der Waals surface area contributed by atoms with Gasteiger partial charge in [-0.3, -0.25) is 0 Å². The highest BCUT2D eigenvalue weighted by Crippen LogP contribution is 2.25. The molecule has 0 radical (unpaired) electrons. The fourth-order valence-electron chi connectivity index (χ4n) is 3.75. The molecule has 0 aromatic heterocycles. The molecule has 0 aliphatic carbocycles. The van der Waals surface area contributed by atoms with E-state index >= 15 is 0 Å². The van der Waals surface area contributed by atoms with Gasteiger partial charge in [-0.15, -0.1) is 0 Å². The Kier molecular flexibility index (Phi) is 8.88. The minimum absolute atomic E-state index is 0.0567. The average Bonchev–Trinajstić information content (AvgIpc) is 3.72. The number of carbonyl (C=O) groups excluding carboxylic acids is 3. The third-order valence-electron chi connectivity index (χ3n) is 5.85. The van der Waals surface area contributed by atoms with E-state index < -0.39 is 41.6 Å². The molecule has 4 rings (SSSR count). The molecule has 4 aliphatic rings. The van der Waals surface area contributed by atoms with Gasteiger partial charge in [0.15, 0.2) is 18.3 Å². The average molecular weight is 507 g/mol. The molecule has 3 atom stereocenters.